The number of nitrogens with one attached hydrogen (secondary N) is 2. The molecule has 1 saturated heterocycles. The summed E-state index contributed by atoms with van der Waals surface area (Å²) < 4.78 is 0. The molecule has 0 bridgehead atoms. The zero-order valence-corrected chi connectivity index (χ0v) is 14.1. The summed E-state index contributed by atoms with van der Waals surface area (Å²) in [6, 6.07) is 0.230. The molecule has 1 unspecified atom stereocenters. The molecule has 1 fully saturated rings. The van der Waals surface area contributed by atoms with Gasteiger partial charge >= 0.3 is 0 Å². The molecule has 1 atom stereocenters. The molecule has 2 amide bonds. The number of piperidine rings is 1. The highest BCUT2D eigenvalue weighted by Crippen LogP contribution is 2.04. The van der Waals surface area contributed by atoms with Crippen LogP contribution in [0.2, 0.25) is 0 Å². The Morgan fingerprint density at radius 2 is 1.86 bits per heavy atom. The monoisotopic (exact) mass is 319 g/mol. The molecule has 5 nitrogen and oxygen atoms in total. The van der Waals surface area contributed by atoms with Crippen molar-refractivity contribution in [2.24, 2.45) is 0 Å². The Bertz CT molecular complexity index is 301. The maximum absolute atomic E-state index is 12.1. The topological polar surface area (TPSA) is 61.4 Å². The van der Waals surface area contributed by atoms with Crippen LogP contribution in [0.15, 0.2) is 0 Å². The van der Waals surface area contributed by atoms with E-state index in [9.17, 15) is 9.59 Å². The van der Waals surface area contributed by atoms with Crippen LogP contribution in [0, 0.1) is 0 Å². The second kappa shape index (κ2) is 11.8. The summed E-state index contributed by atoms with van der Waals surface area (Å²) in [5.41, 5.74) is 0. The van der Waals surface area contributed by atoms with Crippen molar-refractivity contribution in [1.29, 1.82) is 0 Å². The Morgan fingerprint density at radius 1 is 1.19 bits per heavy atom. The number of halogens is 1. The lowest BCUT2D eigenvalue weighted by Gasteiger charge is -2.24. The Balaban J connectivity index is 0.00000400. The summed E-state index contributed by atoms with van der Waals surface area (Å²) in [6.45, 7) is 7.60. The third kappa shape index (κ3) is 8.27. The van der Waals surface area contributed by atoms with Gasteiger partial charge in [-0.15, -0.1) is 12.4 Å². The van der Waals surface area contributed by atoms with Gasteiger partial charge in [-0.25, -0.2) is 0 Å². The zero-order valence-electron chi connectivity index (χ0n) is 13.3. The van der Waals surface area contributed by atoms with Crippen LogP contribution in [-0.4, -0.2) is 48.9 Å². The summed E-state index contributed by atoms with van der Waals surface area (Å²) >= 11 is 0. The fourth-order valence-corrected chi connectivity index (χ4v) is 2.55. The summed E-state index contributed by atoms with van der Waals surface area (Å²) in [7, 11) is 0. The maximum Gasteiger partial charge on any atom is 0.223 e. The van der Waals surface area contributed by atoms with Crippen LogP contribution >= 0.6 is 12.4 Å². The summed E-state index contributed by atoms with van der Waals surface area (Å²) in [5, 5.41) is 6.27. The second-order valence-electron chi connectivity index (χ2n) is 5.49. The number of hydrogen-bond acceptors (Lipinski definition) is 3. The number of amides is 2. The van der Waals surface area contributed by atoms with Gasteiger partial charge in [0.2, 0.25) is 11.8 Å². The van der Waals surface area contributed by atoms with Crippen LogP contribution in [0.4, 0.5) is 0 Å². The molecule has 0 aromatic carbocycles. The van der Waals surface area contributed by atoms with Crippen molar-refractivity contribution < 1.29 is 9.59 Å². The average molecular weight is 320 g/mol. The van der Waals surface area contributed by atoms with Crippen molar-refractivity contribution >= 4 is 24.2 Å². The number of carbonyl (C=O) groups excluding carboxylic acids is 2. The Labute approximate surface area is 134 Å². The summed E-state index contributed by atoms with van der Waals surface area (Å²) in [5.74, 6) is 0.102. The SMILES string of the molecule is CCCN(CCC)C(=O)CCC(=O)NC1CCCNC1.Cl. The minimum Gasteiger partial charge on any atom is -0.352 e. The molecule has 0 spiro atoms. The van der Waals surface area contributed by atoms with Crippen LogP contribution in [-0.2, 0) is 9.59 Å². The van der Waals surface area contributed by atoms with Gasteiger partial charge in [0.25, 0.3) is 0 Å². The molecule has 1 rings (SSSR count). The van der Waals surface area contributed by atoms with Crippen LogP contribution in [0.25, 0.3) is 0 Å². The molecule has 0 aromatic heterocycles. The lowest BCUT2D eigenvalue weighted by molar-refractivity contribution is -0.133. The Morgan fingerprint density at radius 3 is 2.38 bits per heavy atom. The molecule has 124 valence electrons. The van der Waals surface area contributed by atoms with Crippen LogP contribution in [0.3, 0.4) is 0 Å². The van der Waals surface area contributed by atoms with Crippen LogP contribution < -0.4 is 10.6 Å². The maximum atomic E-state index is 12.1. The van der Waals surface area contributed by atoms with Gasteiger partial charge in [-0.05, 0) is 32.2 Å². The highest BCUT2D eigenvalue weighted by atomic mass is 35.5. The predicted octanol–water partition coefficient (Wildman–Crippen LogP) is 1.71. The summed E-state index contributed by atoms with van der Waals surface area (Å²) in [6.07, 6.45) is 4.69. The third-order valence-corrected chi connectivity index (χ3v) is 3.57. The van der Waals surface area contributed by atoms with Gasteiger partial charge in [-0.3, -0.25) is 9.59 Å². The van der Waals surface area contributed by atoms with E-state index in [-0.39, 0.29) is 30.3 Å². The minimum absolute atomic E-state index is 0. The number of nitrogens with zero attached hydrogens (tertiary/aromatic N) is 1. The average Bonchev–Trinajstić information content (AvgIpc) is 2.45. The first-order valence-electron chi connectivity index (χ1n) is 7.95. The fraction of sp³-hybridized carbons (Fsp3) is 0.867. The van der Waals surface area contributed by atoms with Gasteiger partial charge in [0, 0.05) is 38.5 Å². The molecule has 21 heavy (non-hydrogen) atoms. The normalized spacial score (nSPS) is 17.7. The molecular formula is C15H30ClN3O2. The largest absolute Gasteiger partial charge is 0.352 e. The molecule has 2 N–H and O–H groups in total. The lowest BCUT2D eigenvalue weighted by atomic mass is 10.1. The van der Waals surface area contributed by atoms with Gasteiger partial charge in [0.1, 0.15) is 0 Å². The fourth-order valence-electron chi connectivity index (χ4n) is 2.55. The number of carbonyl (C=O) groups is 2. The van der Waals surface area contributed by atoms with Gasteiger partial charge in [0.05, 0.1) is 0 Å². The smallest absolute Gasteiger partial charge is 0.223 e. The first-order valence-corrected chi connectivity index (χ1v) is 7.95. The highest BCUT2D eigenvalue weighted by Gasteiger charge is 2.17. The van der Waals surface area contributed by atoms with E-state index in [1.807, 2.05) is 4.90 Å². The molecule has 1 heterocycles. The molecule has 0 saturated carbocycles. The molecule has 1 aliphatic heterocycles. The van der Waals surface area contributed by atoms with E-state index in [0.29, 0.717) is 12.8 Å². The summed E-state index contributed by atoms with van der Waals surface area (Å²) in [4.78, 5) is 25.8. The van der Waals surface area contributed by atoms with Crippen molar-refractivity contribution in [1.82, 2.24) is 15.5 Å². The Kier molecular flexibility index (Phi) is 11.4. The number of rotatable bonds is 8. The first-order chi connectivity index (χ1) is 9.67. The van der Waals surface area contributed by atoms with Crippen molar-refractivity contribution in [2.75, 3.05) is 26.2 Å². The second-order valence-corrected chi connectivity index (χ2v) is 5.49. The highest BCUT2D eigenvalue weighted by molar-refractivity contribution is 5.85. The predicted molar refractivity (Wildman–Crippen MR) is 87.7 cm³/mol. The number of hydrogen-bond donors (Lipinski definition) is 2. The molecule has 0 aliphatic carbocycles. The quantitative estimate of drug-likeness (QED) is 0.716. The van der Waals surface area contributed by atoms with E-state index in [2.05, 4.69) is 24.5 Å². The van der Waals surface area contributed by atoms with Crippen molar-refractivity contribution in [3.63, 3.8) is 0 Å². The van der Waals surface area contributed by atoms with Crippen molar-refractivity contribution in [3.8, 4) is 0 Å². The van der Waals surface area contributed by atoms with E-state index >= 15 is 0 Å². The van der Waals surface area contributed by atoms with E-state index in [1.54, 1.807) is 0 Å². The standard InChI is InChI=1S/C15H29N3O2.ClH/c1-3-10-18(11-4-2)15(20)8-7-14(19)17-13-6-5-9-16-12-13;/h13,16H,3-12H2,1-2H3,(H,17,19);1H. The van der Waals surface area contributed by atoms with E-state index < -0.39 is 0 Å². The van der Waals surface area contributed by atoms with Gasteiger partial charge in [-0.1, -0.05) is 13.8 Å². The van der Waals surface area contributed by atoms with Gasteiger partial charge in [0.15, 0.2) is 0 Å². The molecular weight excluding hydrogens is 290 g/mol. The molecule has 1 aliphatic rings. The van der Waals surface area contributed by atoms with Crippen LogP contribution in [0.1, 0.15) is 52.4 Å². The zero-order chi connectivity index (χ0) is 14.8. The first kappa shape index (κ1) is 20.2. The molecule has 0 radical (unpaired) electrons. The van der Waals surface area contributed by atoms with Gasteiger partial charge in [-0.2, -0.15) is 0 Å². The Hall–Kier alpha value is -0.810. The van der Waals surface area contributed by atoms with Crippen molar-refractivity contribution in [3.05, 3.63) is 0 Å². The van der Waals surface area contributed by atoms with Crippen LogP contribution in [0.5, 0.6) is 0 Å². The molecule has 0 aromatic rings. The van der Waals surface area contributed by atoms with Gasteiger partial charge < -0.3 is 15.5 Å². The van der Waals surface area contributed by atoms with E-state index in [4.69, 9.17) is 0 Å². The molecule has 6 heteroatoms. The van der Waals surface area contributed by atoms with E-state index in [0.717, 1.165) is 51.9 Å². The minimum atomic E-state index is -0.00000283. The van der Waals surface area contributed by atoms with Crippen molar-refractivity contribution in [2.45, 2.75) is 58.4 Å². The van der Waals surface area contributed by atoms with E-state index in [1.165, 1.54) is 0 Å². The third-order valence-electron chi connectivity index (χ3n) is 3.57. The lowest BCUT2D eigenvalue weighted by Crippen LogP contribution is -2.45.